The summed E-state index contributed by atoms with van der Waals surface area (Å²) < 4.78 is 10.3. The maximum atomic E-state index is 11.1. The molecule has 0 rings (SSSR count). The van der Waals surface area contributed by atoms with Crippen LogP contribution < -0.4 is 5.32 Å². The van der Waals surface area contributed by atoms with Crippen molar-refractivity contribution in [1.82, 2.24) is 5.32 Å². The molecule has 1 N–H and O–H groups in total. The molecule has 0 spiro atoms. The van der Waals surface area contributed by atoms with E-state index in [1.807, 2.05) is 6.92 Å². The largest absolute Gasteiger partial charge is 0.466 e. The summed E-state index contributed by atoms with van der Waals surface area (Å²) in [6.45, 7) is 9.41. The molecule has 4 nitrogen and oxygen atoms in total. The zero-order valence-corrected chi connectivity index (χ0v) is 12.9. The molecule has 0 heterocycles. The van der Waals surface area contributed by atoms with E-state index in [9.17, 15) is 4.79 Å². The van der Waals surface area contributed by atoms with E-state index < -0.39 is 0 Å². The Kier molecular flexibility index (Phi) is 13.4. The second-order valence-electron chi connectivity index (χ2n) is 4.99. The molecule has 0 aromatic heterocycles. The van der Waals surface area contributed by atoms with Gasteiger partial charge in [-0.15, -0.1) is 0 Å². The highest BCUT2D eigenvalue weighted by molar-refractivity contribution is 5.69. The minimum absolute atomic E-state index is 0.0689. The van der Waals surface area contributed by atoms with Crippen molar-refractivity contribution in [2.45, 2.75) is 65.4 Å². The van der Waals surface area contributed by atoms with E-state index in [-0.39, 0.29) is 5.97 Å². The molecule has 0 radical (unpaired) electrons. The van der Waals surface area contributed by atoms with Crippen LogP contribution >= 0.6 is 0 Å². The molecule has 114 valence electrons. The molecule has 0 atom stereocenters. The van der Waals surface area contributed by atoms with Crippen LogP contribution in [0.4, 0.5) is 0 Å². The van der Waals surface area contributed by atoms with E-state index in [1.54, 1.807) is 0 Å². The lowest BCUT2D eigenvalue weighted by atomic mass is 10.2. The number of unbranched alkanes of at least 4 members (excludes halogenated alkanes) is 3. The van der Waals surface area contributed by atoms with E-state index in [2.05, 4.69) is 19.2 Å². The van der Waals surface area contributed by atoms with Gasteiger partial charge in [0, 0.05) is 13.0 Å². The van der Waals surface area contributed by atoms with E-state index in [0.717, 1.165) is 51.8 Å². The second kappa shape index (κ2) is 13.8. The zero-order valence-electron chi connectivity index (χ0n) is 12.9. The maximum absolute atomic E-state index is 11.1. The van der Waals surface area contributed by atoms with Gasteiger partial charge in [0.1, 0.15) is 0 Å². The Morgan fingerprint density at radius 3 is 2.37 bits per heavy atom. The van der Waals surface area contributed by atoms with Crippen LogP contribution in [0.15, 0.2) is 0 Å². The number of nitrogens with one attached hydrogen (secondary N) is 1. The van der Waals surface area contributed by atoms with Crippen LogP contribution in [-0.4, -0.2) is 38.4 Å². The number of rotatable bonds is 13. The van der Waals surface area contributed by atoms with Crippen molar-refractivity contribution in [3.63, 3.8) is 0 Å². The molecular formula is C15H31NO3. The fourth-order valence-corrected chi connectivity index (χ4v) is 1.73. The molecule has 0 bridgehead atoms. The number of carbonyl (C=O) groups is 1. The van der Waals surface area contributed by atoms with Gasteiger partial charge in [-0.1, -0.05) is 6.42 Å². The molecule has 0 amide bonds. The Labute approximate surface area is 118 Å². The van der Waals surface area contributed by atoms with Crippen molar-refractivity contribution < 1.29 is 14.3 Å². The van der Waals surface area contributed by atoms with Crippen LogP contribution in [0.1, 0.15) is 59.3 Å². The molecule has 0 fully saturated rings. The summed E-state index contributed by atoms with van der Waals surface area (Å²) in [6.07, 6.45) is 6.32. The lowest BCUT2D eigenvalue weighted by Crippen LogP contribution is -2.17. The second-order valence-corrected chi connectivity index (χ2v) is 4.99. The first-order chi connectivity index (χ1) is 9.16. The summed E-state index contributed by atoms with van der Waals surface area (Å²) in [5.74, 6) is -0.0689. The molecule has 0 aromatic carbocycles. The van der Waals surface area contributed by atoms with Crippen molar-refractivity contribution in [3.8, 4) is 0 Å². The van der Waals surface area contributed by atoms with Gasteiger partial charge in [0.2, 0.25) is 0 Å². The van der Waals surface area contributed by atoms with Gasteiger partial charge in [-0.2, -0.15) is 0 Å². The van der Waals surface area contributed by atoms with Gasteiger partial charge in [0.25, 0.3) is 0 Å². The number of carbonyl (C=O) groups excluding carboxylic acids is 1. The summed E-state index contributed by atoms with van der Waals surface area (Å²) in [7, 11) is 0. The molecule has 0 saturated heterocycles. The maximum Gasteiger partial charge on any atom is 0.305 e. The topological polar surface area (TPSA) is 47.6 Å². The minimum Gasteiger partial charge on any atom is -0.466 e. The molecule has 0 aromatic rings. The Hall–Kier alpha value is -0.610. The van der Waals surface area contributed by atoms with Gasteiger partial charge in [-0.3, -0.25) is 4.79 Å². The van der Waals surface area contributed by atoms with Crippen molar-refractivity contribution >= 4 is 5.97 Å². The smallest absolute Gasteiger partial charge is 0.305 e. The van der Waals surface area contributed by atoms with Crippen LogP contribution in [0.25, 0.3) is 0 Å². The van der Waals surface area contributed by atoms with Gasteiger partial charge in [-0.25, -0.2) is 0 Å². The molecule has 0 aliphatic carbocycles. The number of hydrogen-bond acceptors (Lipinski definition) is 4. The highest BCUT2D eigenvalue weighted by Crippen LogP contribution is 2.00. The highest BCUT2D eigenvalue weighted by Gasteiger charge is 2.00. The Bertz CT molecular complexity index is 208. The molecule has 4 heteroatoms. The molecule has 0 aliphatic heterocycles. The highest BCUT2D eigenvalue weighted by atomic mass is 16.5. The molecular weight excluding hydrogens is 242 g/mol. The van der Waals surface area contributed by atoms with E-state index in [0.29, 0.717) is 19.1 Å². The van der Waals surface area contributed by atoms with Crippen molar-refractivity contribution in [2.24, 2.45) is 0 Å². The van der Waals surface area contributed by atoms with E-state index in [1.165, 1.54) is 0 Å². The summed E-state index contributed by atoms with van der Waals surface area (Å²) in [4.78, 5) is 11.1. The SMILES string of the molecule is CCOC(=O)CCCCCNCCCCOC(C)C. The summed E-state index contributed by atoms with van der Waals surface area (Å²) in [6, 6.07) is 0. The zero-order chi connectivity index (χ0) is 14.3. The number of hydrogen-bond donors (Lipinski definition) is 1. The summed E-state index contributed by atoms with van der Waals surface area (Å²) in [5.41, 5.74) is 0. The van der Waals surface area contributed by atoms with Gasteiger partial charge in [0.05, 0.1) is 12.7 Å². The van der Waals surface area contributed by atoms with Crippen LogP contribution in [0.3, 0.4) is 0 Å². The Morgan fingerprint density at radius 2 is 1.74 bits per heavy atom. The summed E-state index contributed by atoms with van der Waals surface area (Å²) in [5, 5.41) is 3.42. The van der Waals surface area contributed by atoms with Gasteiger partial charge < -0.3 is 14.8 Å². The van der Waals surface area contributed by atoms with Gasteiger partial charge in [-0.05, 0) is 59.5 Å². The van der Waals surface area contributed by atoms with Crippen molar-refractivity contribution in [3.05, 3.63) is 0 Å². The third kappa shape index (κ3) is 15.3. The number of esters is 1. The van der Waals surface area contributed by atoms with Gasteiger partial charge >= 0.3 is 5.97 Å². The van der Waals surface area contributed by atoms with Crippen LogP contribution in [0.2, 0.25) is 0 Å². The van der Waals surface area contributed by atoms with E-state index >= 15 is 0 Å². The molecule has 0 aliphatic rings. The van der Waals surface area contributed by atoms with Crippen LogP contribution in [0, 0.1) is 0 Å². The first-order valence-electron chi connectivity index (χ1n) is 7.64. The first-order valence-corrected chi connectivity index (χ1v) is 7.64. The van der Waals surface area contributed by atoms with Gasteiger partial charge in [0.15, 0.2) is 0 Å². The Balaban J connectivity index is 3.05. The predicted octanol–water partition coefficient (Wildman–Crippen LogP) is 2.90. The minimum atomic E-state index is -0.0689. The first kappa shape index (κ1) is 18.4. The average molecular weight is 273 g/mol. The normalized spacial score (nSPS) is 10.9. The lowest BCUT2D eigenvalue weighted by molar-refractivity contribution is -0.143. The Morgan fingerprint density at radius 1 is 1.05 bits per heavy atom. The van der Waals surface area contributed by atoms with Crippen LogP contribution in [0.5, 0.6) is 0 Å². The lowest BCUT2D eigenvalue weighted by Gasteiger charge is -2.07. The number of ether oxygens (including phenoxy) is 2. The third-order valence-corrected chi connectivity index (χ3v) is 2.74. The van der Waals surface area contributed by atoms with Crippen molar-refractivity contribution in [2.75, 3.05) is 26.3 Å². The fraction of sp³-hybridized carbons (Fsp3) is 0.933. The predicted molar refractivity (Wildman–Crippen MR) is 78.3 cm³/mol. The third-order valence-electron chi connectivity index (χ3n) is 2.74. The van der Waals surface area contributed by atoms with Crippen LogP contribution in [-0.2, 0) is 14.3 Å². The average Bonchev–Trinajstić information content (AvgIpc) is 2.36. The summed E-state index contributed by atoms with van der Waals surface area (Å²) >= 11 is 0. The van der Waals surface area contributed by atoms with Crippen molar-refractivity contribution in [1.29, 1.82) is 0 Å². The molecule has 0 saturated carbocycles. The van der Waals surface area contributed by atoms with E-state index in [4.69, 9.17) is 9.47 Å². The quantitative estimate of drug-likeness (QED) is 0.414. The fourth-order valence-electron chi connectivity index (χ4n) is 1.73. The molecule has 19 heavy (non-hydrogen) atoms. The standard InChI is InChI=1S/C15H31NO3/c1-4-18-15(17)10-6-5-7-11-16-12-8-9-13-19-14(2)3/h14,16H,4-13H2,1-3H3. The monoisotopic (exact) mass is 273 g/mol. The molecule has 0 unspecified atom stereocenters.